The minimum atomic E-state index is 0.211. The molecule has 0 aliphatic carbocycles. The molecule has 1 aliphatic heterocycles. The van der Waals surface area contributed by atoms with Crippen LogP contribution in [0.1, 0.15) is 29.6 Å². The van der Waals surface area contributed by atoms with Gasteiger partial charge in [-0.25, -0.2) is 0 Å². The number of hydrogen-bond donors (Lipinski definition) is 0. The topological polar surface area (TPSA) is 29.5 Å². The Labute approximate surface area is 125 Å². The highest BCUT2D eigenvalue weighted by Gasteiger charge is 2.11. The minimum Gasteiger partial charge on any atom is -0.492 e. The summed E-state index contributed by atoms with van der Waals surface area (Å²) in [5.74, 6) is 1.95. The number of ether oxygens (including phenoxy) is 1. The lowest BCUT2D eigenvalue weighted by molar-refractivity contribution is 0.0989. The first-order valence-corrected chi connectivity index (χ1v) is 8.66. The Morgan fingerprint density at radius 1 is 1.25 bits per heavy atom. The summed E-state index contributed by atoms with van der Waals surface area (Å²) in [5, 5.41) is 0. The van der Waals surface area contributed by atoms with E-state index in [2.05, 4.69) is 4.90 Å². The van der Waals surface area contributed by atoms with Gasteiger partial charge in [-0.3, -0.25) is 9.69 Å². The molecule has 1 aromatic rings. The monoisotopic (exact) mass is 293 g/mol. The second-order valence-electron chi connectivity index (χ2n) is 5.09. The molecule has 0 radical (unpaired) electrons. The lowest BCUT2D eigenvalue weighted by atomic mass is 10.1. The number of carbonyl (C=O) groups excluding carboxylic acids is 1. The lowest BCUT2D eigenvalue weighted by Crippen LogP contribution is -2.25. The fourth-order valence-corrected chi connectivity index (χ4v) is 2.76. The largest absolute Gasteiger partial charge is 0.492 e. The van der Waals surface area contributed by atoms with Crippen LogP contribution in [-0.4, -0.2) is 48.9 Å². The fraction of sp³-hybridized carbons (Fsp3) is 0.562. The number of carbonyl (C=O) groups is 1. The molecule has 1 heterocycles. The summed E-state index contributed by atoms with van der Waals surface area (Å²) in [4.78, 5) is 14.3. The van der Waals surface area contributed by atoms with E-state index >= 15 is 0 Å². The number of rotatable bonds is 8. The number of thioether (sulfide) groups is 1. The SMILES string of the molecule is CSCCC(=O)c1ccc(OCCN2CCCC2)cc1. The molecule has 0 spiro atoms. The lowest BCUT2D eigenvalue weighted by Gasteiger charge is -2.14. The predicted octanol–water partition coefficient (Wildman–Crippen LogP) is 3.10. The van der Waals surface area contributed by atoms with Crippen LogP contribution in [0.2, 0.25) is 0 Å². The van der Waals surface area contributed by atoms with Crippen molar-refractivity contribution in [2.45, 2.75) is 19.3 Å². The zero-order valence-corrected chi connectivity index (χ0v) is 13.0. The van der Waals surface area contributed by atoms with E-state index in [1.807, 2.05) is 30.5 Å². The number of Topliss-reactive ketones (excluding diaryl/α,β-unsaturated/α-hetero) is 1. The standard InChI is InChI=1S/C16H23NO2S/c1-20-13-8-16(18)14-4-6-15(7-5-14)19-12-11-17-9-2-3-10-17/h4-7H,2-3,8-13H2,1H3. The third-order valence-electron chi connectivity index (χ3n) is 3.58. The van der Waals surface area contributed by atoms with E-state index in [0.29, 0.717) is 6.42 Å². The summed E-state index contributed by atoms with van der Waals surface area (Å²) in [7, 11) is 0. The van der Waals surface area contributed by atoms with Gasteiger partial charge < -0.3 is 4.74 Å². The maximum absolute atomic E-state index is 11.8. The van der Waals surface area contributed by atoms with Crippen LogP contribution in [0.4, 0.5) is 0 Å². The Kier molecular flexibility index (Phi) is 6.40. The number of hydrogen-bond acceptors (Lipinski definition) is 4. The van der Waals surface area contributed by atoms with E-state index < -0.39 is 0 Å². The zero-order chi connectivity index (χ0) is 14.2. The fourth-order valence-electron chi connectivity index (χ4n) is 2.37. The molecule has 1 saturated heterocycles. The maximum Gasteiger partial charge on any atom is 0.163 e. The molecule has 3 nitrogen and oxygen atoms in total. The first-order chi connectivity index (χ1) is 9.79. The van der Waals surface area contributed by atoms with Crippen LogP contribution in [0.15, 0.2) is 24.3 Å². The first kappa shape index (κ1) is 15.4. The molecule has 0 saturated carbocycles. The molecule has 2 rings (SSSR count). The highest BCUT2D eigenvalue weighted by molar-refractivity contribution is 7.98. The molecule has 0 bridgehead atoms. The van der Waals surface area contributed by atoms with Gasteiger partial charge >= 0.3 is 0 Å². The van der Waals surface area contributed by atoms with Crippen molar-refractivity contribution in [2.75, 3.05) is 38.2 Å². The van der Waals surface area contributed by atoms with Crippen molar-refractivity contribution in [3.05, 3.63) is 29.8 Å². The first-order valence-electron chi connectivity index (χ1n) is 7.27. The molecule has 1 aromatic carbocycles. The van der Waals surface area contributed by atoms with Gasteiger partial charge in [-0.15, -0.1) is 0 Å². The number of likely N-dealkylation sites (tertiary alicyclic amines) is 1. The molecule has 20 heavy (non-hydrogen) atoms. The summed E-state index contributed by atoms with van der Waals surface area (Å²) in [6, 6.07) is 7.54. The molecule has 0 unspecified atom stereocenters. The Morgan fingerprint density at radius 2 is 1.95 bits per heavy atom. The van der Waals surface area contributed by atoms with E-state index in [0.717, 1.165) is 30.2 Å². The van der Waals surface area contributed by atoms with E-state index in [4.69, 9.17) is 4.74 Å². The highest BCUT2D eigenvalue weighted by Crippen LogP contribution is 2.15. The number of benzene rings is 1. The van der Waals surface area contributed by atoms with Crippen molar-refractivity contribution in [3.8, 4) is 5.75 Å². The van der Waals surface area contributed by atoms with E-state index in [1.54, 1.807) is 11.8 Å². The third kappa shape index (κ3) is 4.84. The summed E-state index contributed by atoms with van der Waals surface area (Å²) in [6.45, 7) is 4.12. The molecule has 0 N–H and O–H groups in total. The quantitative estimate of drug-likeness (QED) is 0.689. The van der Waals surface area contributed by atoms with Gasteiger partial charge in [-0.2, -0.15) is 11.8 Å². The van der Waals surface area contributed by atoms with Crippen molar-refractivity contribution in [1.82, 2.24) is 4.90 Å². The van der Waals surface area contributed by atoms with Gasteiger partial charge in [0.05, 0.1) is 0 Å². The second-order valence-corrected chi connectivity index (χ2v) is 6.07. The van der Waals surface area contributed by atoms with E-state index in [9.17, 15) is 4.79 Å². The van der Waals surface area contributed by atoms with Gasteiger partial charge in [0.15, 0.2) is 5.78 Å². The second kappa shape index (κ2) is 8.32. The molecule has 0 aromatic heterocycles. The smallest absolute Gasteiger partial charge is 0.163 e. The molecule has 0 amide bonds. The molecule has 1 aliphatic rings. The van der Waals surface area contributed by atoms with Crippen LogP contribution in [0.25, 0.3) is 0 Å². The highest BCUT2D eigenvalue weighted by atomic mass is 32.2. The Balaban J connectivity index is 1.74. The minimum absolute atomic E-state index is 0.211. The Bertz CT molecular complexity index is 413. The van der Waals surface area contributed by atoms with Crippen LogP contribution in [0.3, 0.4) is 0 Å². The number of nitrogens with zero attached hydrogens (tertiary/aromatic N) is 1. The van der Waals surface area contributed by atoms with Gasteiger partial charge in [0.2, 0.25) is 0 Å². The Hall–Kier alpha value is -1.00. The van der Waals surface area contributed by atoms with E-state index in [-0.39, 0.29) is 5.78 Å². The average molecular weight is 293 g/mol. The van der Waals surface area contributed by atoms with Gasteiger partial charge in [0, 0.05) is 24.3 Å². The molecular formula is C16H23NO2S. The normalized spacial score (nSPS) is 15.4. The number of ketones is 1. The zero-order valence-electron chi connectivity index (χ0n) is 12.1. The third-order valence-corrected chi connectivity index (χ3v) is 4.20. The van der Waals surface area contributed by atoms with Crippen LogP contribution >= 0.6 is 11.8 Å². The van der Waals surface area contributed by atoms with Crippen LogP contribution < -0.4 is 4.74 Å². The summed E-state index contributed by atoms with van der Waals surface area (Å²) in [5.41, 5.74) is 0.783. The van der Waals surface area contributed by atoms with E-state index in [1.165, 1.54) is 25.9 Å². The summed E-state index contributed by atoms with van der Waals surface area (Å²) in [6.07, 6.45) is 5.25. The maximum atomic E-state index is 11.8. The van der Waals surface area contributed by atoms with Crippen LogP contribution in [0.5, 0.6) is 5.75 Å². The van der Waals surface area contributed by atoms with Crippen molar-refractivity contribution in [2.24, 2.45) is 0 Å². The molecule has 110 valence electrons. The molecule has 1 fully saturated rings. The average Bonchev–Trinajstić information content (AvgIpc) is 2.99. The van der Waals surface area contributed by atoms with Gasteiger partial charge in [-0.1, -0.05) is 0 Å². The van der Waals surface area contributed by atoms with Crippen molar-refractivity contribution in [1.29, 1.82) is 0 Å². The molecule has 0 atom stereocenters. The predicted molar refractivity (Wildman–Crippen MR) is 84.9 cm³/mol. The molecule has 4 heteroatoms. The summed E-state index contributed by atoms with van der Waals surface area (Å²) >= 11 is 1.70. The Morgan fingerprint density at radius 3 is 2.60 bits per heavy atom. The van der Waals surface area contributed by atoms with Crippen molar-refractivity contribution < 1.29 is 9.53 Å². The van der Waals surface area contributed by atoms with Gasteiger partial charge in [-0.05, 0) is 56.5 Å². The van der Waals surface area contributed by atoms with Crippen LogP contribution in [-0.2, 0) is 0 Å². The van der Waals surface area contributed by atoms with Crippen molar-refractivity contribution >= 4 is 17.5 Å². The van der Waals surface area contributed by atoms with Gasteiger partial charge in [0.25, 0.3) is 0 Å². The van der Waals surface area contributed by atoms with Crippen LogP contribution in [0, 0.1) is 0 Å². The summed E-state index contributed by atoms with van der Waals surface area (Å²) < 4.78 is 5.73. The molecular weight excluding hydrogens is 270 g/mol. The van der Waals surface area contributed by atoms with Gasteiger partial charge in [0.1, 0.15) is 12.4 Å². The van der Waals surface area contributed by atoms with Crippen molar-refractivity contribution in [3.63, 3.8) is 0 Å².